The van der Waals surface area contributed by atoms with Gasteiger partial charge in [0, 0.05) is 12.1 Å². The highest BCUT2D eigenvalue weighted by Gasteiger charge is 2.02. The molecule has 0 aliphatic heterocycles. The normalized spacial score (nSPS) is 9.86. The molecule has 0 saturated heterocycles. The molecule has 0 unspecified atom stereocenters. The number of benzene rings is 2. The van der Waals surface area contributed by atoms with Crippen LogP contribution in [-0.4, -0.2) is 18.7 Å². The number of rotatable bonds is 7. The Morgan fingerprint density at radius 3 is 2.64 bits per heavy atom. The smallest absolute Gasteiger partial charge is 0.119 e. The van der Waals surface area contributed by atoms with E-state index in [0.29, 0.717) is 18.1 Å². The standard InChI is InChI=1S/C18H19NO2S/c1-3-11-21-16-9-7-15(8-10-16)18(22)19-13-14-5-4-6-17(12-14)20-2/h3-10,12H,1,11,13H2,2H3,(H,19,22). The molecule has 0 atom stereocenters. The molecular formula is C18H19NO2S. The summed E-state index contributed by atoms with van der Waals surface area (Å²) in [6, 6.07) is 15.6. The van der Waals surface area contributed by atoms with Crippen molar-refractivity contribution in [1.29, 1.82) is 0 Å². The molecule has 0 aliphatic rings. The molecule has 114 valence electrons. The predicted molar refractivity (Wildman–Crippen MR) is 93.7 cm³/mol. The molecule has 0 spiro atoms. The lowest BCUT2D eigenvalue weighted by molar-refractivity contribution is 0.363. The largest absolute Gasteiger partial charge is 0.497 e. The van der Waals surface area contributed by atoms with Gasteiger partial charge in [-0.3, -0.25) is 0 Å². The van der Waals surface area contributed by atoms with E-state index in [-0.39, 0.29) is 0 Å². The first-order valence-electron chi connectivity index (χ1n) is 6.98. The Labute approximate surface area is 136 Å². The van der Waals surface area contributed by atoms with Crippen LogP contribution in [-0.2, 0) is 6.54 Å². The van der Waals surface area contributed by atoms with Crippen LogP contribution in [0.15, 0.2) is 61.2 Å². The van der Waals surface area contributed by atoms with E-state index in [4.69, 9.17) is 21.7 Å². The van der Waals surface area contributed by atoms with Gasteiger partial charge in [-0.1, -0.05) is 37.0 Å². The second-order valence-corrected chi connectivity index (χ2v) is 5.07. The molecule has 4 heteroatoms. The van der Waals surface area contributed by atoms with E-state index < -0.39 is 0 Å². The van der Waals surface area contributed by atoms with Crippen LogP contribution in [0.3, 0.4) is 0 Å². The van der Waals surface area contributed by atoms with Gasteiger partial charge in [-0.25, -0.2) is 0 Å². The maximum absolute atomic E-state index is 5.45. The summed E-state index contributed by atoms with van der Waals surface area (Å²) >= 11 is 5.41. The molecule has 1 N–H and O–H groups in total. The lowest BCUT2D eigenvalue weighted by Crippen LogP contribution is -2.21. The molecule has 0 radical (unpaired) electrons. The Bertz CT molecular complexity index is 638. The average Bonchev–Trinajstić information content (AvgIpc) is 2.58. The van der Waals surface area contributed by atoms with Crippen molar-refractivity contribution in [2.45, 2.75) is 6.54 Å². The van der Waals surface area contributed by atoms with E-state index in [1.807, 2.05) is 48.5 Å². The van der Waals surface area contributed by atoms with Crippen molar-refractivity contribution in [3.63, 3.8) is 0 Å². The summed E-state index contributed by atoms with van der Waals surface area (Å²) in [5, 5.41) is 3.25. The third kappa shape index (κ3) is 4.60. The van der Waals surface area contributed by atoms with Crippen molar-refractivity contribution in [2.75, 3.05) is 13.7 Å². The van der Waals surface area contributed by atoms with Crippen LogP contribution in [0, 0.1) is 0 Å². The minimum absolute atomic E-state index is 0.498. The fourth-order valence-corrected chi connectivity index (χ4v) is 2.13. The second kappa shape index (κ2) is 8.20. The van der Waals surface area contributed by atoms with Crippen LogP contribution in [0.2, 0.25) is 0 Å². The molecule has 0 fully saturated rings. The maximum Gasteiger partial charge on any atom is 0.119 e. The van der Waals surface area contributed by atoms with Gasteiger partial charge in [0.15, 0.2) is 0 Å². The van der Waals surface area contributed by atoms with E-state index in [0.717, 1.165) is 22.6 Å². The minimum atomic E-state index is 0.498. The number of ether oxygens (including phenoxy) is 2. The van der Waals surface area contributed by atoms with E-state index in [9.17, 15) is 0 Å². The topological polar surface area (TPSA) is 30.5 Å². The van der Waals surface area contributed by atoms with E-state index in [1.54, 1.807) is 13.2 Å². The van der Waals surface area contributed by atoms with Crippen LogP contribution in [0.5, 0.6) is 11.5 Å². The molecule has 0 amide bonds. The molecule has 3 nitrogen and oxygen atoms in total. The summed E-state index contributed by atoms with van der Waals surface area (Å²) in [5.74, 6) is 1.65. The maximum atomic E-state index is 5.45. The molecule has 2 aromatic rings. The molecule has 0 heterocycles. The first-order valence-corrected chi connectivity index (χ1v) is 7.38. The Kier molecular flexibility index (Phi) is 5.98. The summed E-state index contributed by atoms with van der Waals surface area (Å²) in [7, 11) is 1.66. The van der Waals surface area contributed by atoms with Crippen LogP contribution < -0.4 is 14.8 Å². The van der Waals surface area contributed by atoms with Gasteiger partial charge in [0.1, 0.15) is 23.1 Å². The molecule has 0 aromatic heterocycles. The van der Waals surface area contributed by atoms with Crippen molar-refractivity contribution in [1.82, 2.24) is 5.32 Å². The molecule has 0 aliphatic carbocycles. The van der Waals surface area contributed by atoms with Crippen molar-refractivity contribution in [3.05, 3.63) is 72.3 Å². The summed E-state index contributed by atoms with van der Waals surface area (Å²) in [6.07, 6.45) is 1.72. The Morgan fingerprint density at radius 2 is 1.95 bits per heavy atom. The van der Waals surface area contributed by atoms with Gasteiger partial charge in [0.25, 0.3) is 0 Å². The fourth-order valence-electron chi connectivity index (χ4n) is 1.92. The van der Waals surface area contributed by atoms with E-state index in [1.165, 1.54) is 0 Å². The van der Waals surface area contributed by atoms with Crippen LogP contribution >= 0.6 is 12.2 Å². The Morgan fingerprint density at radius 1 is 1.18 bits per heavy atom. The van der Waals surface area contributed by atoms with Crippen LogP contribution in [0.25, 0.3) is 0 Å². The van der Waals surface area contributed by atoms with Crippen molar-refractivity contribution in [2.24, 2.45) is 0 Å². The lowest BCUT2D eigenvalue weighted by Gasteiger charge is -2.10. The monoisotopic (exact) mass is 313 g/mol. The summed E-state index contributed by atoms with van der Waals surface area (Å²) in [6.45, 7) is 4.78. The quantitative estimate of drug-likeness (QED) is 0.623. The minimum Gasteiger partial charge on any atom is -0.497 e. The van der Waals surface area contributed by atoms with E-state index in [2.05, 4.69) is 11.9 Å². The summed E-state index contributed by atoms with van der Waals surface area (Å²) in [4.78, 5) is 0.707. The summed E-state index contributed by atoms with van der Waals surface area (Å²) < 4.78 is 10.7. The van der Waals surface area contributed by atoms with E-state index >= 15 is 0 Å². The Hall–Kier alpha value is -2.33. The average molecular weight is 313 g/mol. The number of thiocarbonyl (C=S) groups is 1. The van der Waals surface area contributed by atoms with Gasteiger partial charge >= 0.3 is 0 Å². The molecular weight excluding hydrogens is 294 g/mol. The highest BCUT2D eigenvalue weighted by molar-refractivity contribution is 7.80. The van der Waals surface area contributed by atoms with Gasteiger partial charge in [-0.05, 0) is 42.0 Å². The van der Waals surface area contributed by atoms with Crippen molar-refractivity contribution >= 4 is 17.2 Å². The van der Waals surface area contributed by atoms with Crippen LogP contribution in [0.4, 0.5) is 0 Å². The zero-order valence-corrected chi connectivity index (χ0v) is 13.4. The number of nitrogens with one attached hydrogen (secondary N) is 1. The molecule has 2 rings (SSSR count). The van der Waals surface area contributed by atoms with Crippen molar-refractivity contribution < 1.29 is 9.47 Å². The second-order valence-electron chi connectivity index (χ2n) is 4.66. The first kappa shape index (κ1) is 16.0. The molecule has 0 bridgehead atoms. The molecule has 2 aromatic carbocycles. The van der Waals surface area contributed by atoms with Crippen LogP contribution in [0.1, 0.15) is 11.1 Å². The highest BCUT2D eigenvalue weighted by Crippen LogP contribution is 2.14. The van der Waals surface area contributed by atoms with Crippen molar-refractivity contribution in [3.8, 4) is 11.5 Å². The van der Waals surface area contributed by atoms with Gasteiger partial charge in [0.05, 0.1) is 7.11 Å². The predicted octanol–water partition coefficient (Wildman–Crippen LogP) is 3.73. The third-order valence-electron chi connectivity index (χ3n) is 3.07. The molecule has 22 heavy (non-hydrogen) atoms. The van der Waals surface area contributed by atoms with Gasteiger partial charge in [-0.2, -0.15) is 0 Å². The summed E-state index contributed by atoms with van der Waals surface area (Å²) in [5.41, 5.74) is 2.08. The van der Waals surface area contributed by atoms with Gasteiger partial charge in [0.2, 0.25) is 0 Å². The number of methoxy groups -OCH3 is 1. The highest BCUT2D eigenvalue weighted by atomic mass is 32.1. The van der Waals surface area contributed by atoms with Gasteiger partial charge in [-0.15, -0.1) is 0 Å². The SMILES string of the molecule is C=CCOc1ccc(C(=S)NCc2cccc(OC)c2)cc1. The number of hydrogen-bond donors (Lipinski definition) is 1. The zero-order chi connectivity index (χ0) is 15.8. The third-order valence-corrected chi connectivity index (χ3v) is 3.45. The Balaban J connectivity index is 1.92. The fraction of sp³-hybridized carbons (Fsp3) is 0.167. The zero-order valence-electron chi connectivity index (χ0n) is 12.5. The first-order chi connectivity index (χ1) is 10.7. The molecule has 0 saturated carbocycles. The van der Waals surface area contributed by atoms with Gasteiger partial charge < -0.3 is 14.8 Å². The number of hydrogen-bond acceptors (Lipinski definition) is 3. The lowest BCUT2D eigenvalue weighted by atomic mass is 10.2.